The van der Waals surface area contributed by atoms with E-state index in [1.165, 1.54) is 41.7 Å². The number of aliphatic hydroxyl groups is 1. The summed E-state index contributed by atoms with van der Waals surface area (Å²) < 4.78 is 0. The van der Waals surface area contributed by atoms with Gasteiger partial charge in [-0.2, -0.15) is 0 Å². The molecule has 0 bridgehead atoms. The quantitative estimate of drug-likeness (QED) is 0.0249. The first-order valence-corrected chi connectivity index (χ1v) is 28.9. The summed E-state index contributed by atoms with van der Waals surface area (Å²) in [6.07, 6.45) is 6.76. The number of carbonyl (C=O) groups is 11. The first-order valence-electron chi connectivity index (χ1n) is 28.9. The van der Waals surface area contributed by atoms with Crippen LogP contribution in [0, 0.1) is 5.92 Å². The molecule has 0 saturated carbocycles. The molecular formula is C60H73N15O13. The van der Waals surface area contributed by atoms with Crippen LogP contribution in [-0.4, -0.2) is 175 Å². The van der Waals surface area contributed by atoms with Crippen molar-refractivity contribution in [3.05, 3.63) is 120 Å². The molecule has 88 heavy (non-hydrogen) atoms. The van der Waals surface area contributed by atoms with E-state index < -0.39 is 127 Å². The number of amides is 11. The van der Waals surface area contributed by atoms with Crippen molar-refractivity contribution in [1.29, 1.82) is 0 Å². The molecule has 2 fully saturated rings. The van der Waals surface area contributed by atoms with Gasteiger partial charge in [0.25, 0.3) is 0 Å². The van der Waals surface area contributed by atoms with Crippen molar-refractivity contribution in [1.82, 2.24) is 72.7 Å². The molecule has 8 atom stereocenters. The summed E-state index contributed by atoms with van der Waals surface area (Å²) in [6, 6.07) is 9.70. The fraction of sp³-hybridized carbons (Fsp3) is 0.400. The topological polar surface area (TPSA) is 426 Å². The highest BCUT2D eigenvalue weighted by atomic mass is 16.3. The third kappa shape index (κ3) is 17.1. The number of aromatic amines is 3. The molecule has 28 nitrogen and oxygen atoms in total. The van der Waals surface area contributed by atoms with Crippen molar-refractivity contribution >= 4 is 86.8 Å². The predicted molar refractivity (Wildman–Crippen MR) is 317 cm³/mol. The molecule has 16 N–H and O–H groups in total. The number of aliphatic hydroxyl groups excluding tert-OH is 1. The minimum Gasteiger partial charge on any atom is -0.508 e. The predicted octanol–water partition coefficient (Wildman–Crippen LogP) is -1.72. The molecule has 5 heterocycles. The molecule has 11 amide bonds. The number of benzene rings is 3. The van der Waals surface area contributed by atoms with Crippen molar-refractivity contribution < 1.29 is 63.0 Å². The largest absolute Gasteiger partial charge is 0.508 e. The van der Waals surface area contributed by atoms with E-state index in [1.54, 1.807) is 42.7 Å². The summed E-state index contributed by atoms with van der Waals surface area (Å²) in [5.41, 5.74) is 8.77. The highest BCUT2D eigenvalue weighted by molar-refractivity contribution is 5.99. The number of hydrogen-bond acceptors (Lipinski definition) is 14. The number of phenolic OH excluding ortho intramolecular Hbond substituents is 1. The van der Waals surface area contributed by atoms with E-state index in [9.17, 15) is 63.0 Å². The fourth-order valence-corrected chi connectivity index (χ4v) is 10.8. The molecule has 2 aliphatic rings. The van der Waals surface area contributed by atoms with Crippen LogP contribution in [-0.2, 0) is 78.4 Å². The Morgan fingerprint density at radius 2 is 1.20 bits per heavy atom. The lowest BCUT2D eigenvalue weighted by atomic mass is 10.00. The minimum atomic E-state index is -1.76. The number of aromatic hydroxyl groups is 1. The maximum absolute atomic E-state index is 14.5. The number of nitrogens with two attached hydrogens (primary N) is 1. The highest BCUT2D eigenvalue weighted by Crippen LogP contribution is 2.24. The van der Waals surface area contributed by atoms with E-state index in [0.29, 0.717) is 46.1 Å². The maximum atomic E-state index is 14.5. The van der Waals surface area contributed by atoms with Gasteiger partial charge in [-0.3, -0.25) is 52.7 Å². The maximum Gasteiger partial charge on any atom is 0.245 e. The Labute approximate surface area is 504 Å². The fourth-order valence-electron chi connectivity index (χ4n) is 10.8. The number of H-pyrrole nitrogens is 3. The number of rotatable bonds is 29. The number of nitrogens with zero attached hydrogens (tertiary/aromatic N) is 2. The number of aromatic nitrogens is 4. The van der Waals surface area contributed by atoms with Gasteiger partial charge in [0.1, 0.15) is 54.1 Å². The van der Waals surface area contributed by atoms with E-state index in [-0.39, 0.29) is 69.1 Å². The third-order valence-electron chi connectivity index (χ3n) is 15.3. The number of hydrogen-bond donors (Lipinski definition) is 15. The van der Waals surface area contributed by atoms with Gasteiger partial charge in [0.2, 0.25) is 65.0 Å². The van der Waals surface area contributed by atoms with Gasteiger partial charge in [-0.25, -0.2) is 4.98 Å². The molecule has 0 aliphatic carbocycles. The van der Waals surface area contributed by atoms with Crippen LogP contribution < -0.4 is 53.6 Å². The molecule has 0 spiro atoms. The Balaban J connectivity index is 0.981. The van der Waals surface area contributed by atoms with Gasteiger partial charge in [-0.1, -0.05) is 62.4 Å². The molecule has 2 aliphatic heterocycles. The van der Waals surface area contributed by atoms with Crippen LogP contribution >= 0.6 is 0 Å². The van der Waals surface area contributed by atoms with Gasteiger partial charge < -0.3 is 83.6 Å². The number of nitrogens with one attached hydrogen (secondary N) is 12. The highest BCUT2D eigenvalue weighted by Gasteiger charge is 2.40. The molecule has 28 heteroatoms. The molecule has 2 saturated heterocycles. The molecule has 6 aromatic rings. The molecule has 3 aromatic carbocycles. The lowest BCUT2D eigenvalue weighted by molar-refractivity contribution is -0.142. The van der Waals surface area contributed by atoms with Gasteiger partial charge in [0.15, 0.2) is 0 Å². The number of fused-ring (bicyclic) bond motifs is 2. The van der Waals surface area contributed by atoms with Gasteiger partial charge in [-0.15, -0.1) is 0 Å². The number of primary amides is 1. The SMILES string of the molecule is CC(C)C[C@H](NC(=O)[C@H](Cc1c[nH]c2ccccc12)NC(=O)CNC(=O)[C@H](Cc1ccc(O)cc1)NC(=O)[C@H](CO)NC(=O)[C@H](Cc1c[nH]c2ccccc12)NC(=O)[C@@H](Cc1cnc[nH]1)NC(=O)[C@@H]1CCC(=O)N1)C(=O)N1CCC[C@H]1C(=O)NCC(N)=O. The minimum absolute atomic E-state index is 0.0935. The average Bonchev–Trinajstić information content (AvgIpc) is 2.88. The second-order valence-electron chi connectivity index (χ2n) is 22.3. The zero-order valence-corrected chi connectivity index (χ0v) is 48.5. The molecule has 0 radical (unpaired) electrons. The van der Waals surface area contributed by atoms with Crippen molar-refractivity contribution in [2.45, 2.75) is 120 Å². The number of carbonyl (C=O) groups excluding carboxylic acids is 11. The lowest BCUT2D eigenvalue weighted by Gasteiger charge is -2.30. The van der Waals surface area contributed by atoms with E-state index in [0.717, 1.165) is 10.9 Å². The smallest absolute Gasteiger partial charge is 0.245 e. The van der Waals surface area contributed by atoms with Crippen LogP contribution in [0.5, 0.6) is 5.75 Å². The summed E-state index contributed by atoms with van der Waals surface area (Å²) in [5, 5.41) is 45.7. The van der Waals surface area contributed by atoms with E-state index in [2.05, 4.69) is 67.8 Å². The van der Waals surface area contributed by atoms with Crippen LogP contribution in [0.1, 0.15) is 68.3 Å². The summed E-state index contributed by atoms with van der Waals surface area (Å²) in [6.45, 7) is 1.70. The Morgan fingerprint density at radius 3 is 1.77 bits per heavy atom. The van der Waals surface area contributed by atoms with Crippen LogP contribution in [0.2, 0.25) is 0 Å². The van der Waals surface area contributed by atoms with Crippen LogP contribution in [0.3, 0.4) is 0 Å². The van der Waals surface area contributed by atoms with E-state index in [1.807, 2.05) is 32.0 Å². The summed E-state index contributed by atoms with van der Waals surface area (Å²) >= 11 is 0. The normalized spacial score (nSPS) is 16.7. The standard InChI is InChI=1S/C60H73N15O13/c1-32(2)20-47(60(88)75-19-7-12-49(75)59(87)65-28-50(61)78)73-55(83)44(22-34-25-63-40-10-5-3-8-38(34)40)69-52(80)29-66-53(81)43(21-33-13-15-37(77)16-14-33)70-58(86)48(30-76)74-56(84)45(23-35-26-64-41-11-6-4-9-39(35)41)71-57(85)46(24-36-27-62-31-67-36)72-54(82)42-17-18-51(79)68-42/h3-6,8-11,13-16,25-27,31-32,42-49,63-64,76-77H,7,12,17-24,28-30H2,1-2H3,(H2,61,78)(H,62,67)(H,65,87)(H,66,81)(H,68,79)(H,69,80)(H,70,86)(H,71,85)(H,72,82)(H,73,83)(H,74,84)/t42-,43-,44-,45-,46+,47-,48-,49-/m0/s1. The Hall–Kier alpha value is -10.1. The third-order valence-corrected chi connectivity index (χ3v) is 15.3. The van der Waals surface area contributed by atoms with Crippen molar-refractivity contribution in [2.75, 3.05) is 26.2 Å². The first-order chi connectivity index (χ1) is 42.2. The molecule has 8 rings (SSSR count). The average molecular weight is 1210 g/mol. The van der Waals surface area contributed by atoms with Crippen LogP contribution in [0.15, 0.2) is 97.7 Å². The summed E-state index contributed by atoms with van der Waals surface area (Å²) in [7, 11) is 0. The van der Waals surface area contributed by atoms with Crippen molar-refractivity contribution in [3.63, 3.8) is 0 Å². The van der Waals surface area contributed by atoms with Gasteiger partial charge in [0, 0.05) is 84.7 Å². The van der Waals surface area contributed by atoms with E-state index in [4.69, 9.17) is 5.73 Å². The lowest BCUT2D eigenvalue weighted by Crippen LogP contribution is -2.60. The summed E-state index contributed by atoms with van der Waals surface area (Å²) in [4.78, 5) is 165. The van der Waals surface area contributed by atoms with Crippen LogP contribution in [0.4, 0.5) is 0 Å². The number of phenols is 1. The zero-order valence-electron chi connectivity index (χ0n) is 48.5. The Morgan fingerprint density at radius 1 is 0.636 bits per heavy atom. The van der Waals surface area contributed by atoms with Gasteiger partial charge >= 0.3 is 0 Å². The molecule has 3 aromatic heterocycles. The second kappa shape index (κ2) is 29.8. The zero-order chi connectivity index (χ0) is 63.0. The number of imidazole rings is 1. The Bertz CT molecular complexity index is 3510. The van der Waals surface area contributed by atoms with Crippen molar-refractivity contribution in [2.24, 2.45) is 11.7 Å². The summed E-state index contributed by atoms with van der Waals surface area (Å²) in [5.74, 6) is -8.46. The van der Waals surface area contributed by atoms with Crippen LogP contribution in [0.25, 0.3) is 21.8 Å². The molecule has 466 valence electrons. The second-order valence-corrected chi connectivity index (χ2v) is 22.3. The van der Waals surface area contributed by atoms with Gasteiger partial charge in [-0.05, 0) is 72.6 Å². The Kier molecular flexibility index (Phi) is 21.6. The molecule has 0 unspecified atom stereocenters. The van der Waals surface area contributed by atoms with Gasteiger partial charge in [0.05, 0.1) is 26.0 Å². The monoisotopic (exact) mass is 1210 g/mol. The first kappa shape index (κ1) is 63.9. The van der Waals surface area contributed by atoms with E-state index >= 15 is 0 Å². The number of likely N-dealkylation sites (tertiary alicyclic amines) is 1. The number of para-hydroxylation sites is 2. The molecular weight excluding hydrogens is 1140 g/mol. The van der Waals surface area contributed by atoms with Crippen molar-refractivity contribution in [3.8, 4) is 5.75 Å².